The van der Waals surface area contributed by atoms with Crippen LogP contribution in [0, 0.1) is 11.6 Å². The highest BCUT2D eigenvalue weighted by Gasteiger charge is 2.31. The third-order valence-corrected chi connectivity index (χ3v) is 6.99. The zero-order valence-electron chi connectivity index (χ0n) is 18.1. The van der Waals surface area contributed by atoms with Crippen LogP contribution in [0.3, 0.4) is 0 Å². The summed E-state index contributed by atoms with van der Waals surface area (Å²) < 4.78 is 28.4. The Bertz CT molecular complexity index is 1290. The number of aromatic nitrogens is 2. The summed E-state index contributed by atoms with van der Waals surface area (Å²) in [5.74, 6) is -2.25. The Morgan fingerprint density at radius 1 is 1.24 bits per heavy atom. The average Bonchev–Trinajstić information content (AvgIpc) is 3.36. The Hall–Kier alpha value is -3.44. The Balaban J connectivity index is 1.50. The molecule has 0 spiro atoms. The highest BCUT2D eigenvalue weighted by atomic mass is 32.1. The molecular weight excluding hydrogens is 462 g/mol. The second kappa shape index (κ2) is 8.73. The highest BCUT2D eigenvalue weighted by molar-refractivity contribution is 7.19. The number of ketones is 1. The Morgan fingerprint density at radius 3 is 2.74 bits per heavy atom. The molecule has 1 aromatic carbocycles. The van der Waals surface area contributed by atoms with Gasteiger partial charge in [0.05, 0.1) is 23.1 Å². The summed E-state index contributed by atoms with van der Waals surface area (Å²) in [6, 6.07) is 3.45. The van der Waals surface area contributed by atoms with Gasteiger partial charge in [0, 0.05) is 31.1 Å². The van der Waals surface area contributed by atoms with Crippen molar-refractivity contribution in [1.29, 1.82) is 0 Å². The number of benzene rings is 1. The van der Waals surface area contributed by atoms with Crippen molar-refractivity contribution in [2.24, 2.45) is 5.73 Å². The number of hydrogen-bond acceptors (Lipinski definition) is 8. The Kier molecular flexibility index (Phi) is 5.74. The maximum Gasteiger partial charge on any atom is 0.277 e. The molecule has 1 fully saturated rings. The molecule has 1 atom stereocenters. The van der Waals surface area contributed by atoms with Crippen molar-refractivity contribution in [2.75, 3.05) is 29.0 Å². The molecule has 8 nitrogen and oxygen atoms in total. The fourth-order valence-electron chi connectivity index (χ4n) is 4.53. The van der Waals surface area contributed by atoms with Crippen LogP contribution < -0.4 is 21.7 Å². The summed E-state index contributed by atoms with van der Waals surface area (Å²) in [4.78, 5) is 35.9. The quantitative estimate of drug-likeness (QED) is 0.518. The zero-order valence-corrected chi connectivity index (χ0v) is 18.9. The minimum Gasteiger partial charge on any atom is -0.389 e. The molecule has 1 saturated heterocycles. The van der Waals surface area contributed by atoms with Gasteiger partial charge < -0.3 is 21.7 Å². The molecule has 2 aromatic heterocycles. The van der Waals surface area contributed by atoms with E-state index in [4.69, 9.17) is 11.5 Å². The van der Waals surface area contributed by atoms with Gasteiger partial charge in [0.15, 0.2) is 11.5 Å². The van der Waals surface area contributed by atoms with E-state index in [1.54, 1.807) is 0 Å². The van der Waals surface area contributed by atoms with Crippen molar-refractivity contribution in [3.8, 4) is 10.6 Å². The Morgan fingerprint density at radius 2 is 2.00 bits per heavy atom. The van der Waals surface area contributed by atoms with Crippen molar-refractivity contribution >= 4 is 39.4 Å². The van der Waals surface area contributed by atoms with E-state index >= 15 is 0 Å². The van der Waals surface area contributed by atoms with E-state index in [0.29, 0.717) is 30.8 Å². The fourth-order valence-corrected chi connectivity index (χ4v) is 5.41. The molecule has 1 aliphatic carbocycles. The number of fused-ring (bicyclic) bond motifs is 1. The largest absolute Gasteiger partial charge is 0.389 e. The predicted molar refractivity (Wildman–Crippen MR) is 126 cm³/mol. The molecular formula is C23H22F2N6O2S. The number of Topliss-reactive ketones (excluding diaryl/α,β-unsaturated/α-hetero) is 1. The van der Waals surface area contributed by atoms with E-state index in [0.717, 1.165) is 54.1 Å². The van der Waals surface area contributed by atoms with E-state index < -0.39 is 17.5 Å². The number of carbonyl (C=O) groups is 2. The van der Waals surface area contributed by atoms with Gasteiger partial charge in [-0.1, -0.05) is 17.4 Å². The molecule has 11 heteroatoms. The first-order valence-corrected chi connectivity index (χ1v) is 11.7. The second-order valence-electron chi connectivity index (χ2n) is 8.40. The lowest BCUT2D eigenvalue weighted by Crippen LogP contribution is -2.43. The zero-order chi connectivity index (χ0) is 24.0. The maximum absolute atomic E-state index is 14.2. The van der Waals surface area contributed by atoms with Crippen molar-refractivity contribution in [1.82, 2.24) is 9.97 Å². The molecule has 3 aromatic rings. The van der Waals surface area contributed by atoms with Crippen LogP contribution in [0.4, 0.5) is 25.2 Å². The number of piperidine rings is 1. The van der Waals surface area contributed by atoms with Crippen molar-refractivity contribution < 1.29 is 18.4 Å². The number of pyridine rings is 1. The van der Waals surface area contributed by atoms with Crippen LogP contribution in [0.5, 0.6) is 0 Å². The molecule has 34 heavy (non-hydrogen) atoms. The number of rotatable bonds is 4. The van der Waals surface area contributed by atoms with Crippen molar-refractivity contribution in [2.45, 2.75) is 31.7 Å². The van der Waals surface area contributed by atoms with Gasteiger partial charge >= 0.3 is 0 Å². The number of halogens is 2. The van der Waals surface area contributed by atoms with E-state index in [2.05, 4.69) is 20.2 Å². The number of nitrogen functional groups attached to an aromatic ring is 1. The van der Waals surface area contributed by atoms with Crippen LogP contribution in [-0.2, 0) is 6.42 Å². The summed E-state index contributed by atoms with van der Waals surface area (Å²) in [7, 11) is 0. The number of anilines is 3. The minimum absolute atomic E-state index is 0.0226. The summed E-state index contributed by atoms with van der Waals surface area (Å²) >= 11 is 0.826. The molecule has 1 amide bonds. The van der Waals surface area contributed by atoms with Gasteiger partial charge in [-0.05, 0) is 31.4 Å². The minimum atomic E-state index is -0.795. The number of carbonyl (C=O) groups excluding carboxylic acids is 2. The van der Waals surface area contributed by atoms with E-state index in [9.17, 15) is 18.4 Å². The smallest absolute Gasteiger partial charge is 0.277 e. The number of thiazole rings is 1. The summed E-state index contributed by atoms with van der Waals surface area (Å²) in [6.07, 6.45) is 4.13. The number of nitrogens with zero attached hydrogens (tertiary/aromatic N) is 3. The molecule has 5 rings (SSSR count). The number of nitrogens with two attached hydrogens (primary N) is 2. The molecule has 176 valence electrons. The summed E-state index contributed by atoms with van der Waals surface area (Å²) in [6.45, 7) is 1.32. The monoisotopic (exact) mass is 484 g/mol. The topological polar surface area (TPSA) is 127 Å². The average molecular weight is 485 g/mol. The molecule has 0 radical (unpaired) electrons. The first-order chi connectivity index (χ1) is 16.3. The van der Waals surface area contributed by atoms with Gasteiger partial charge in [0.2, 0.25) is 0 Å². The number of amides is 1. The molecule has 1 unspecified atom stereocenters. The standard InChI is InChI=1S/C23H22F2N6O2S/c24-13-4-1-5-14(25)17(13)23-30-19(21(27)34-23)22(33)29-15-9-28-18-12(6-7-16(18)32)20(15)31-8-2-3-11(26)10-31/h1,4-5,9,11H,2-3,6-8,10,26-27H2,(H,29,33). The van der Waals surface area contributed by atoms with Crippen LogP contribution in [-0.4, -0.2) is 40.8 Å². The van der Waals surface area contributed by atoms with Crippen LogP contribution >= 0.6 is 11.3 Å². The summed E-state index contributed by atoms with van der Waals surface area (Å²) in [5, 5.41) is 2.80. The normalized spacial score (nSPS) is 17.7. The van der Waals surface area contributed by atoms with Gasteiger partial charge in [-0.3, -0.25) is 14.6 Å². The van der Waals surface area contributed by atoms with Crippen molar-refractivity contribution in [3.63, 3.8) is 0 Å². The lowest BCUT2D eigenvalue weighted by molar-refractivity contribution is 0.0989. The van der Waals surface area contributed by atoms with E-state index in [-0.39, 0.29) is 33.1 Å². The Labute approximate surface area is 198 Å². The number of nitrogens with one attached hydrogen (secondary N) is 1. The third-order valence-electron chi connectivity index (χ3n) is 6.08. The number of hydrogen-bond donors (Lipinski definition) is 3. The van der Waals surface area contributed by atoms with Crippen LogP contribution in [0.15, 0.2) is 24.4 Å². The first kappa shape index (κ1) is 22.4. The molecule has 3 heterocycles. The van der Waals surface area contributed by atoms with E-state index in [1.807, 2.05) is 0 Å². The van der Waals surface area contributed by atoms with Crippen molar-refractivity contribution in [3.05, 3.63) is 53.0 Å². The van der Waals surface area contributed by atoms with Gasteiger partial charge in [-0.2, -0.15) is 0 Å². The predicted octanol–water partition coefficient (Wildman–Crippen LogP) is 3.37. The second-order valence-corrected chi connectivity index (χ2v) is 9.43. The third kappa shape index (κ3) is 3.90. The maximum atomic E-state index is 14.2. The fraction of sp³-hybridized carbons (Fsp3) is 0.304. The van der Waals surface area contributed by atoms with E-state index in [1.165, 1.54) is 12.3 Å². The first-order valence-electron chi connectivity index (χ1n) is 10.9. The highest BCUT2D eigenvalue weighted by Crippen LogP contribution is 2.39. The SMILES string of the molecule is Nc1sc(-c2c(F)cccc2F)nc1C(=O)Nc1cnc2c(c1N1CCCC(N)C1)CCC2=O. The molecule has 0 saturated carbocycles. The van der Waals surface area contributed by atoms with Gasteiger partial charge in [-0.25, -0.2) is 13.8 Å². The molecule has 0 bridgehead atoms. The lowest BCUT2D eigenvalue weighted by atomic mass is 10.0. The van der Waals surface area contributed by atoms with Gasteiger partial charge in [-0.15, -0.1) is 0 Å². The van der Waals surface area contributed by atoms with Crippen LogP contribution in [0.25, 0.3) is 10.6 Å². The molecule has 1 aliphatic heterocycles. The molecule has 2 aliphatic rings. The molecule has 5 N–H and O–H groups in total. The van der Waals surface area contributed by atoms with Crippen LogP contribution in [0.1, 0.15) is 45.8 Å². The van der Waals surface area contributed by atoms with Gasteiger partial charge in [0.25, 0.3) is 5.91 Å². The van der Waals surface area contributed by atoms with Crippen LogP contribution in [0.2, 0.25) is 0 Å². The lowest BCUT2D eigenvalue weighted by Gasteiger charge is -2.35. The van der Waals surface area contributed by atoms with Gasteiger partial charge in [0.1, 0.15) is 27.3 Å². The summed E-state index contributed by atoms with van der Waals surface area (Å²) in [5.41, 5.74) is 14.1.